The molecule has 1 amide bonds. The summed E-state index contributed by atoms with van der Waals surface area (Å²) in [4.78, 5) is 12.8. The summed E-state index contributed by atoms with van der Waals surface area (Å²) >= 11 is 0. The molecule has 1 heterocycles. The first-order chi connectivity index (χ1) is 13.0. The van der Waals surface area contributed by atoms with E-state index in [1.54, 1.807) is 33.5 Å². The van der Waals surface area contributed by atoms with Crippen LogP contribution in [-0.2, 0) is 0 Å². The second-order valence-corrected chi connectivity index (χ2v) is 6.22. The maximum absolute atomic E-state index is 12.8. The van der Waals surface area contributed by atoms with E-state index in [0.717, 1.165) is 16.5 Å². The van der Waals surface area contributed by atoms with Crippen LogP contribution in [-0.4, -0.2) is 27.2 Å². The van der Waals surface area contributed by atoms with Gasteiger partial charge in [-0.25, -0.2) is 0 Å². The molecule has 2 aromatic carbocycles. The molecule has 0 radical (unpaired) electrons. The lowest BCUT2D eigenvalue weighted by Crippen LogP contribution is -2.27. The Balaban J connectivity index is 1.89. The third-order valence-electron chi connectivity index (χ3n) is 4.60. The fourth-order valence-corrected chi connectivity index (χ4v) is 3.06. The number of furan rings is 1. The van der Waals surface area contributed by atoms with Gasteiger partial charge in [0.25, 0.3) is 5.91 Å². The minimum atomic E-state index is -0.301. The molecule has 6 heteroatoms. The molecule has 0 bridgehead atoms. The van der Waals surface area contributed by atoms with Crippen LogP contribution in [0.2, 0.25) is 0 Å². The summed E-state index contributed by atoms with van der Waals surface area (Å²) in [7, 11) is 4.80. The lowest BCUT2D eigenvalue weighted by molar-refractivity contribution is 0.0912. The smallest absolute Gasteiger partial charge is 0.287 e. The van der Waals surface area contributed by atoms with Gasteiger partial charge >= 0.3 is 0 Å². The van der Waals surface area contributed by atoms with Crippen LogP contribution in [0.1, 0.15) is 34.6 Å². The highest BCUT2D eigenvalue weighted by atomic mass is 16.5. The van der Waals surface area contributed by atoms with E-state index in [2.05, 4.69) is 5.32 Å². The number of aryl methyl sites for hydroxylation is 1. The summed E-state index contributed by atoms with van der Waals surface area (Å²) in [6.07, 6.45) is 0. The largest absolute Gasteiger partial charge is 0.497 e. The molecule has 1 N–H and O–H groups in total. The Morgan fingerprint density at radius 2 is 1.67 bits per heavy atom. The van der Waals surface area contributed by atoms with Gasteiger partial charge in [-0.3, -0.25) is 4.79 Å². The molecule has 142 valence electrons. The number of methoxy groups -OCH3 is 3. The Bertz CT molecular complexity index is 976. The summed E-state index contributed by atoms with van der Waals surface area (Å²) in [5.41, 5.74) is 2.23. The van der Waals surface area contributed by atoms with Crippen molar-refractivity contribution in [1.29, 1.82) is 0 Å². The van der Waals surface area contributed by atoms with Crippen LogP contribution in [0.4, 0.5) is 0 Å². The second kappa shape index (κ2) is 7.61. The van der Waals surface area contributed by atoms with Crippen molar-refractivity contribution in [2.24, 2.45) is 0 Å². The molecule has 3 rings (SSSR count). The molecule has 0 saturated heterocycles. The van der Waals surface area contributed by atoms with Gasteiger partial charge in [0.2, 0.25) is 0 Å². The van der Waals surface area contributed by atoms with Crippen LogP contribution in [0, 0.1) is 6.92 Å². The molecule has 1 aromatic heterocycles. The van der Waals surface area contributed by atoms with Gasteiger partial charge in [-0.05, 0) is 50.2 Å². The molecule has 3 aromatic rings. The zero-order valence-corrected chi connectivity index (χ0v) is 16.1. The summed E-state index contributed by atoms with van der Waals surface area (Å²) in [6.45, 7) is 3.74. The molecule has 0 spiro atoms. The maximum Gasteiger partial charge on any atom is 0.287 e. The average molecular weight is 369 g/mol. The fraction of sp³-hybridized carbons (Fsp3) is 0.286. The van der Waals surface area contributed by atoms with E-state index in [-0.39, 0.29) is 17.7 Å². The average Bonchev–Trinajstić information content (AvgIpc) is 3.03. The summed E-state index contributed by atoms with van der Waals surface area (Å²) in [5, 5.41) is 3.82. The highest BCUT2D eigenvalue weighted by Gasteiger charge is 2.22. The van der Waals surface area contributed by atoms with Crippen molar-refractivity contribution >= 4 is 16.9 Å². The number of carbonyl (C=O) groups excluding carboxylic acids is 1. The van der Waals surface area contributed by atoms with E-state index >= 15 is 0 Å². The molecule has 1 atom stereocenters. The summed E-state index contributed by atoms with van der Waals surface area (Å²) < 4.78 is 21.7. The quantitative estimate of drug-likeness (QED) is 0.703. The van der Waals surface area contributed by atoms with Crippen LogP contribution < -0.4 is 19.5 Å². The van der Waals surface area contributed by atoms with E-state index < -0.39 is 0 Å². The van der Waals surface area contributed by atoms with Crippen molar-refractivity contribution in [2.45, 2.75) is 19.9 Å². The molecule has 0 fully saturated rings. The molecule has 0 unspecified atom stereocenters. The Morgan fingerprint density at radius 3 is 2.33 bits per heavy atom. The predicted octanol–water partition coefficient (Wildman–Crippen LogP) is 4.26. The fourth-order valence-electron chi connectivity index (χ4n) is 3.06. The normalized spacial score (nSPS) is 11.9. The van der Waals surface area contributed by atoms with Crippen molar-refractivity contribution in [2.75, 3.05) is 21.3 Å². The van der Waals surface area contributed by atoms with Gasteiger partial charge in [0, 0.05) is 16.5 Å². The number of fused-ring (bicyclic) bond motifs is 1. The number of nitrogens with one attached hydrogen (secondary N) is 1. The first kappa shape index (κ1) is 18.6. The number of ether oxygens (including phenoxy) is 3. The minimum Gasteiger partial charge on any atom is -0.497 e. The number of rotatable bonds is 6. The maximum atomic E-state index is 12.8. The summed E-state index contributed by atoms with van der Waals surface area (Å²) in [5.74, 6) is 2.08. The lowest BCUT2D eigenvalue weighted by atomic mass is 10.1. The Morgan fingerprint density at radius 1 is 1.00 bits per heavy atom. The first-order valence-electron chi connectivity index (χ1n) is 8.58. The predicted molar refractivity (Wildman–Crippen MR) is 103 cm³/mol. The van der Waals surface area contributed by atoms with Gasteiger partial charge in [0.1, 0.15) is 22.8 Å². The number of hydrogen-bond donors (Lipinski definition) is 1. The first-order valence-corrected chi connectivity index (χ1v) is 8.58. The number of hydrogen-bond acceptors (Lipinski definition) is 5. The molecule has 0 aliphatic heterocycles. The zero-order valence-electron chi connectivity index (χ0n) is 16.1. The van der Waals surface area contributed by atoms with Crippen molar-refractivity contribution < 1.29 is 23.4 Å². The van der Waals surface area contributed by atoms with Crippen molar-refractivity contribution in [1.82, 2.24) is 5.32 Å². The molecule has 6 nitrogen and oxygen atoms in total. The number of carbonyl (C=O) groups is 1. The van der Waals surface area contributed by atoms with E-state index in [1.165, 1.54) is 0 Å². The highest BCUT2D eigenvalue weighted by molar-refractivity contribution is 5.99. The Labute approximate surface area is 158 Å². The molecular weight excluding hydrogens is 346 g/mol. The molecule has 27 heavy (non-hydrogen) atoms. The van der Waals surface area contributed by atoms with Gasteiger partial charge in [0.05, 0.1) is 27.4 Å². The van der Waals surface area contributed by atoms with Crippen LogP contribution >= 0.6 is 0 Å². The van der Waals surface area contributed by atoms with Crippen LogP contribution in [0.3, 0.4) is 0 Å². The third kappa shape index (κ3) is 3.56. The van der Waals surface area contributed by atoms with E-state index in [9.17, 15) is 4.79 Å². The van der Waals surface area contributed by atoms with Crippen molar-refractivity contribution in [3.8, 4) is 17.2 Å². The number of benzene rings is 2. The zero-order chi connectivity index (χ0) is 19.6. The van der Waals surface area contributed by atoms with Gasteiger partial charge in [-0.15, -0.1) is 0 Å². The van der Waals surface area contributed by atoms with E-state index in [0.29, 0.717) is 22.8 Å². The molecule has 0 aliphatic rings. The standard InChI is InChI=1S/C21H23NO5/c1-12-16-10-14(24-3)7-9-19(16)27-20(12)21(23)22-13(2)17-11-15(25-4)6-8-18(17)26-5/h6-11,13H,1-5H3,(H,22,23)/t13-/m1/s1. The van der Waals surface area contributed by atoms with Gasteiger partial charge in [-0.2, -0.15) is 0 Å². The Kier molecular flexibility index (Phi) is 5.26. The van der Waals surface area contributed by atoms with Gasteiger partial charge in [0.15, 0.2) is 5.76 Å². The molecule has 0 saturated carbocycles. The van der Waals surface area contributed by atoms with Crippen molar-refractivity contribution in [3.63, 3.8) is 0 Å². The minimum absolute atomic E-state index is 0.284. The van der Waals surface area contributed by atoms with Gasteiger partial charge < -0.3 is 23.9 Å². The monoisotopic (exact) mass is 369 g/mol. The molecular formula is C21H23NO5. The van der Waals surface area contributed by atoms with Crippen LogP contribution in [0.25, 0.3) is 11.0 Å². The highest BCUT2D eigenvalue weighted by Crippen LogP contribution is 2.31. The SMILES string of the molecule is COc1ccc(OC)c([C@@H](C)NC(=O)c2oc3ccc(OC)cc3c2C)c1. The van der Waals surface area contributed by atoms with E-state index in [1.807, 2.05) is 38.1 Å². The van der Waals surface area contributed by atoms with Crippen LogP contribution in [0.5, 0.6) is 17.2 Å². The van der Waals surface area contributed by atoms with Gasteiger partial charge in [-0.1, -0.05) is 0 Å². The lowest BCUT2D eigenvalue weighted by Gasteiger charge is -2.18. The van der Waals surface area contributed by atoms with Crippen LogP contribution in [0.15, 0.2) is 40.8 Å². The van der Waals surface area contributed by atoms with E-state index in [4.69, 9.17) is 18.6 Å². The van der Waals surface area contributed by atoms with Crippen molar-refractivity contribution in [3.05, 3.63) is 53.3 Å². The number of amides is 1. The topological polar surface area (TPSA) is 69.9 Å². The molecule has 0 aliphatic carbocycles. The summed E-state index contributed by atoms with van der Waals surface area (Å²) in [6, 6.07) is 10.6. The Hall–Kier alpha value is -3.15. The third-order valence-corrected chi connectivity index (χ3v) is 4.60. The second-order valence-electron chi connectivity index (χ2n) is 6.22.